The number of aromatic amines is 2. The van der Waals surface area contributed by atoms with Crippen molar-refractivity contribution in [3.05, 3.63) is 52.5 Å². The molecule has 0 saturated carbocycles. The van der Waals surface area contributed by atoms with E-state index in [0.717, 1.165) is 65.2 Å². The molecule has 0 spiro atoms. The molecule has 0 unspecified atom stereocenters. The first kappa shape index (κ1) is 16.1. The summed E-state index contributed by atoms with van der Waals surface area (Å²) in [5, 5.41) is 15.0. The Labute approximate surface area is 156 Å². The van der Waals surface area contributed by atoms with Crippen LogP contribution in [0.15, 0.2) is 24.3 Å². The fourth-order valence-corrected chi connectivity index (χ4v) is 4.12. The Morgan fingerprint density at radius 1 is 1.11 bits per heavy atom. The van der Waals surface area contributed by atoms with Crippen LogP contribution in [-0.2, 0) is 25.8 Å². The molecule has 138 valence electrons. The summed E-state index contributed by atoms with van der Waals surface area (Å²) in [7, 11) is 1.65. The van der Waals surface area contributed by atoms with Crippen LogP contribution in [0.2, 0.25) is 0 Å². The number of nitrogens with zero attached hydrogens (tertiary/aromatic N) is 3. The van der Waals surface area contributed by atoms with Gasteiger partial charge in [-0.2, -0.15) is 10.2 Å². The third-order valence-electron chi connectivity index (χ3n) is 5.57. The molecule has 2 N–H and O–H groups in total. The number of fused-ring (bicyclic) bond motifs is 2. The molecule has 1 aromatic carbocycles. The SMILES string of the molecule is COc1cccc(-c2n[nH]c3c2CN(C(=O)c2n[nH]c4c2CCC4)CC3)c1. The first-order chi connectivity index (χ1) is 13.2. The van der Waals surface area contributed by atoms with Crippen LogP contribution in [0.25, 0.3) is 11.3 Å². The molecule has 1 aliphatic carbocycles. The predicted octanol–water partition coefficient (Wildman–Crippen LogP) is 2.50. The van der Waals surface area contributed by atoms with Crippen molar-refractivity contribution in [3.63, 3.8) is 0 Å². The highest BCUT2D eigenvalue weighted by Gasteiger charge is 2.30. The summed E-state index contributed by atoms with van der Waals surface area (Å²) in [5.74, 6) is 0.804. The lowest BCUT2D eigenvalue weighted by Gasteiger charge is -2.27. The second kappa shape index (κ2) is 6.26. The molecule has 0 fully saturated rings. The highest BCUT2D eigenvalue weighted by atomic mass is 16.5. The van der Waals surface area contributed by atoms with Crippen molar-refractivity contribution < 1.29 is 9.53 Å². The molecule has 0 atom stereocenters. The molecule has 5 rings (SSSR count). The highest BCUT2D eigenvalue weighted by molar-refractivity contribution is 5.94. The minimum Gasteiger partial charge on any atom is -0.497 e. The Balaban J connectivity index is 1.45. The van der Waals surface area contributed by atoms with E-state index in [2.05, 4.69) is 20.4 Å². The largest absolute Gasteiger partial charge is 0.497 e. The topological polar surface area (TPSA) is 86.9 Å². The fraction of sp³-hybridized carbons (Fsp3) is 0.350. The minimum absolute atomic E-state index is 0.0119. The van der Waals surface area contributed by atoms with Gasteiger partial charge >= 0.3 is 0 Å². The average Bonchev–Trinajstić information content (AvgIpc) is 3.42. The molecule has 1 aliphatic heterocycles. The van der Waals surface area contributed by atoms with Crippen molar-refractivity contribution >= 4 is 5.91 Å². The molecule has 2 aromatic heterocycles. The number of hydrogen-bond donors (Lipinski definition) is 2. The first-order valence-corrected chi connectivity index (χ1v) is 9.30. The zero-order valence-electron chi connectivity index (χ0n) is 15.2. The van der Waals surface area contributed by atoms with Gasteiger partial charge in [0, 0.05) is 41.0 Å². The van der Waals surface area contributed by atoms with Gasteiger partial charge in [-0.05, 0) is 31.4 Å². The number of nitrogens with one attached hydrogen (secondary N) is 2. The average molecular weight is 363 g/mol. The van der Waals surface area contributed by atoms with Crippen molar-refractivity contribution in [1.82, 2.24) is 25.3 Å². The molecule has 1 amide bonds. The van der Waals surface area contributed by atoms with Crippen LogP contribution in [0.4, 0.5) is 0 Å². The van der Waals surface area contributed by atoms with Gasteiger partial charge in [0.15, 0.2) is 5.69 Å². The van der Waals surface area contributed by atoms with Crippen molar-refractivity contribution in [2.75, 3.05) is 13.7 Å². The Hall–Kier alpha value is -3.09. The maximum Gasteiger partial charge on any atom is 0.274 e. The fourth-order valence-electron chi connectivity index (χ4n) is 4.12. The van der Waals surface area contributed by atoms with Crippen molar-refractivity contribution in [1.29, 1.82) is 0 Å². The number of ether oxygens (including phenoxy) is 1. The number of carbonyl (C=O) groups excluding carboxylic acids is 1. The number of rotatable bonds is 3. The van der Waals surface area contributed by atoms with Gasteiger partial charge in [-0.1, -0.05) is 12.1 Å². The van der Waals surface area contributed by atoms with Crippen LogP contribution in [0.5, 0.6) is 5.75 Å². The van der Waals surface area contributed by atoms with Gasteiger partial charge in [-0.15, -0.1) is 0 Å². The lowest BCUT2D eigenvalue weighted by Crippen LogP contribution is -2.36. The van der Waals surface area contributed by atoms with E-state index in [0.29, 0.717) is 18.8 Å². The third kappa shape index (κ3) is 2.61. The monoisotopic (exact) mass is 363 g/mol. The van der Waals surface area contributed by atoms with E-state index in [4.69, 9.17) is 4.74 Å². The van der Waals surface area contributed by atoms with Gasteiger partial charge in [-0.3, -0.25) is 15.0 Å². The van der Waals surface area contributed by atoms with Gasteiger partial charge in [0.2, 0.25) is 0 Å². The molecular formula is C20H21N5O2. The van der Waals surface area contributed by atoms with Gasteiger partial charge in [-0.25, -0.2) is 0 Å². The summed E-state index contributed by atoms with van der Waals surface area (Å²) in [6, 6.07) is 7.85. The Morgan fingerprint density at radius 3 is 2.85 bits per heavy atom. The van der Waals surface area contributed by atoms with E-state index in [9.17, 15) is 4.79 Å². The predicted molar refractivity (Wildman–Crippen MR) is 99.6 cm³/mol. The Bertz CT molecular complexity index is 1020. The lowest BCUT2D eigenvalue weighted by molar-refractivity contribution is 0.0727. The maximum atomic E-state index is 13.1. The molecule has 3 heterocycles. The van der Waals surface area contributed by atoms with Crippen LogP contribution in [-0.4, -0.2) is 44.9 Å². The van der Waals surface area contributed by atoms with Crippen LogP contribution in [0.3, 0.4) is 0 Å². The number of methoxy groups -OCH3 is 1. The number of hydrogen-bond acceptors (Lipinski definition) is 4. The molecule has 0 radical (unpaired) electrons. The zero-order valence-corrected chi connectivity index (χ0v) is 15.2. The van der Waals surface area contributed by atoms with E-state index in [1.54, 1.807) is 7.11 Å². The van der Waals surface area contributed by atoms with Crippen molar-refractivity contribution in [2.24, 2.45) is 0 Å². The van der Waals surface area contributed by atoms with E-state index in [-0.39, 0.29) is 5.91 Å². The number of aromatic nitrogens is 4. The van der Waals surface area contributed by atoms with E-state index < -0.39 is 0 Å². The summed E-state index contributed by atoms with van der Waals surface area (Å²) in [6.07, 6.45) is 3.79. The maximum absolute atomic E-state index is 13.1. The number of H-pyrrole nitrogens is 2. The molecule has 27 heavy (non-hydrogen) atoms. The van der Waals surface area contributed by atoms with E-state index >= 15 is 0 Å². The molecule has 3 aromatic rings. The Morgan fingerprint density at radius 2 is 1.96 bits per heavy atom. The highest BCUT2D eigenvalue weighted by Crippen LogP contribution is 2.31. The minimum atomic E-state index is 0.0119. The number of benzene rings is 1. The summed E-state index contributed by atoms with van der Waals surface area (Å²) < 4.78 is 5.33. The molecule has 0 saturated heterocycles. The van der Waals surface area contributed by atoms with Crippen molar-refractivity contribution in [2.45, 2.75) is 32.2 Å². The molecular weight excluding hydrogens is 342 g/mol. The lowest BCUT2D eigenvalue weighted by atomic mass is 10.0. The van der Waals surface area contributed by atoms with E-state index in [1.807, 2.05) is 29.2 Å². The quantitative estimate of drug-likeness (QED) is 0.748. The van der Waals surface area contributed by atoms with Crippen LogP contribution in [0, 0.1) is 0 Å². The van der Waals surface area contributed by atoms with Gasteiger partial charge in [0.1, 0.15) is 5.75 Å². The second-order valence-corrected chi connectivity index (χ2v) is 7.12. The van der Waals surface area contributed by atoms with Gasteiger partial charge in [0.05, 0.1) is 19.3 Å². The summed E-state index contributed by atoms with van der Waals surface area (Å²) in [6.45, 7) is 1.21. The number of amides is 1. The third-order valence-corrected chi connectivity index (χ3v) is 5.57. The van der Waals surface area contributed by atoms with Crippen LogP contribution >= 0.6 is 0 Å². The van der Waals surface area contributed by atoms with Crippen LogP contribution < -0.4 is 4.74 Å². The molecule has 2 aliphatic rings. The Kier molecular flexibility index (Phi) is 3.74. The number of carbonyl (C=O) groups is 1. The molecule has 7 heteroatoms. The molecule has 0 bridgehead atoms. The second-order valence-electron chi connectivity index (χ2n) is 7.12. The summed E-state index contributed by atoms with van der Waals surface area (Å²) in [4.78, 5) is 15.0. The van der Waals surface area contributed by atoms with E-state index in [1.165, 1.54) is 0 Å². The first-order valence-electron chi connectivity index (χ1n) is 9.30. The standard InChI is InChI=1S/C20H21N5O2/c1-27-13-5-2-4-12(10-13)18-15-11-25(9-8-17(15)22-23-18)20(26)19-14-6-3-7-16(14)21-24-19/h2,4-5,10H,3,6-9,11H2,1H3,(H,21,24)(H,22,23). The number of aryl methyl sites for hydroxylation is 1. The summed E-state index contributed by atoms with van der Waals surface area (Å²) >= 11 is 0. The van der Waals surface area contributed by atoms with Gasteiger partial charge in [0.25, 0.3) is 5.91 Å². The summed E-state index contributed by atoms with van der Waals surface area (Å²) in [5.41, 5.74) is 6.87. The van der Waals surface area contributed by atoms with Crippen LogP contribution in [0.1, 0.15) is 39.4 Å². The molecule has 7 nitrogen and oxygen atoms in total. The van der Waals surface area contributed by atoms with Gasteiger partial charge < -0.3 is 9.64 Å². The normalized spacial score (nSPS) is 15.5. The smallest absolute Gasteiger partial charge is 0.274 e. The zero-order chi connectivity index (χ0) is 18.4. The van der Waals surface area contributed by atoms with Crippen molar-refractivity contribution in [3.8, 4) is 17.0 Å².